The smallest absolute Gasteiger partial charge is 0.305 e. The topological polar surface area (TPSA) is 61.2 Å². The Balaban J connectivity index is 1.96. The Labute approximate surface area is 172 Å². The summed E-state index contributed by atoms with van der Waals surface area (Å²) < 4.78 is 6.32. The Hall–Kier alpha value is -2.38. The second kappa shape index (κ2) is 9.21. The number of rotatable bonds is 8. The quantitative estimate of drug-likeness (QED) is 0.176. The first kappa shape index (κ1) is 20.4. The highest BCUT2D eigenvalue weighted by Gasteiger charge is 2.17. The Bertz CT molecular complexity index is 1050. The number of aryl methyl sites for hydroxylation is 1. The van der Waals surface area contributed by atoms with Crippen LogP contribution in [0.4, 0.5) is 0 Å². The van der Waals surface area contributed by atoms with Crippen LogP contribution in [-0.4, -0.2) is 28.4 Å². The van der Waals surface area contributed by atoms with Crippen molar-refractivity contribution < 1.29 is 9.53 Å². The molecule has 0 atom stereocenters. The molecule has 0 amide bonds. The predicted octanol–water partition coefficient (Wildman–Crippen LogP) is 4.66. The molecule has 0 bridgehead atoms. The highest BCUT2D eigenvalue weighted by atomic mass is 32.2. The van der Waals surface area contributed by atoms with E-state index in [9.17, 15) is 9.59 Å². The molecule has 3 rings (SSSR count). The van der Waals surface area contributed by atoms with Crippen LogP contribution in [0, 0.1) is 6.92 Å². The Morgan fingerprint density at radius 1 is 1.36 bits per heavy atom. The van der Waals surface area contributed by atoms with Crippen LogP contribution in [0.2, 0.25) is 0 Å². The number of esters is 1. The third-order valence-corrected chi connectivity index (χ3v) is 6.25. The van der Waals surface area contributed by atoms with Gasteiger partial charge < -0.3 is 4.74 Å². The summed E-state index contributed by atoms with van der Waals surface area (Å²) in [6.07, 6.45) is 2.72. The van der Waals surface area contributed by atoms with Gasteiger partial charge in [0.05, 0.1) is 12.5 Å². The summed E-state index contributed by atoms with van der Waals surface area (Å²) in [7, 11) is 1.38. The second-order valence-electron chi connectivity index (χ2n) is 6.32. The van der Waals surface area contributed by atoms with Gasteiger partial charge >= 0.3 is 5.97 Å². The largest absolute Gasteiger partial charge is 0.469 e. The summed E-state index contributed by atoms with van der Waals surface area (Å²) in [5, 5.41) is 3.29. The molecule has 1 aromatic carbocycles. The molecule has 28 heavy (non-hydrogen) atoms. The molecular weight excluding hydrogens is 392 g/mol. The third kappa shape index (κ3) is 4.36. The molecule has 146 valence electrons. The molecule has 0 aliphatic rings. The average Bonchev–Trinajstić information content (AvgIpc) is 3.12. The molecule has 2 aromatic heterocycles. The number of nitrogens with zero attached hydrogens (tertiary/aromatic N) is 2. The first-order chi connectivity index (χ1) is 13.5. The maximum absolute atomic E-state index is 13.2. The molecule has 0 radical (unpaired) electrons. The van der Waals surface area contributed by atoms with E-state index in [1.807, 2.05) is 36.6 Å². The van der Waals surface area contributed by atoms with Crippen molar-refractivity contribution in [3.8, 4) is 11.1 Å². The highest BCUT2D eigenvalue weighted by Crippen LogP contribution is 2.32. The fraction of sp³-hybridized carbons (Fsp3) is 0.286. The van der Waals surface area contributed by atoms with Crippen molar-refractivity contribution in [3.63, 3.8) is 0 Å². The summed E-state index contributed by atoms with van der Waals surface area (Å²) in [6.45, 7) is 6.20. The molecule has 0 aliphatic carbocycles. The van der Waals surface area contributed by atoms with Crippen molar-refractivity contribution in [1.29, 1.82) is 0 Å². The van der Waals surface area contributed by atoms with E-state index in [4.69, 9.17) is 4.98 Å². The zero-order valence-corrected chi connectivity index (χ0v) is 17.6. The Morgan fingerprint density at radius 3 is 2.79 bits per heavy atom. The van der Waals surface area contributed by atoms with Crippen LogP contribution in [0.15, 0.2) is 52.3 Å². The lowest BCUT2D eigenvalue weighted by Crippen LogP contribution is -2.22. The number of hydrogen-bond donors (Lipinski definition) is 0. The molecule has 0 fully saturated rings. The molecule has 0 saturated heterocycles. The fourth-order valence-electron chi connectivity index (χ4n) is 2.83. The number of hydrogen-bond acceptors (Lipinski definition) is 6. The monoisotopic (exact) mass is 414 g/mol. The molecule has 0 saturated carbocycles. The number of ether oxygens (including phenoxy) is 1. The molecule has 0 N–H and O–H groups in total. The summed E-state index contributed by atoms with van der Waals surface area (Å²) in [4.78, 5) is 30.0. The predicted molar refractivity (Wildman–Crippen MR) is 116 cm³/mol. The standard InChI is InChI=1S/C21H22N2O3S2/c1-4-11-23-20(25)18-16(15-9-7-14(2)8-10-15)13-28-19(18)22-21(23)27-12-5-6-17(24)26-3/h4,7-10,13H,1,5-6,11-12H2,2-3H3. The van der Waals surface area contributed by atoms with Crippen LogP contribution < -0.4 is 5.56 Å². The Kier molecular flexibility index (Phi) is 6.70. The van der Waals surface area contributed by atoms with Crippen LogP contribution in [0.5, 0.6) is 0 Å². The van der Waals surface area contributed by atoms with Crippen LogP contribution in [0.3, 0.4) is 0 Å². The number of methoxy groups -OCH3 is 1. The number of aromatic nitrogens is 2. The average molecular weight is 415 g/mol. The molecule has 5 nitrogen and oxygen atoms in total. The van der Waals surface area contributed by atoms with Gasteiger partial charge in [-0.05, 0) is 18.9 Å². The number of carbonyl (C=O) groups excluding carboxylic acids is 1. The number of allylic oxidation sites excluding steroid dienone is 1. The van der Waals surface area contributed by atoms with Crippen LogP contribution in [-0.2, 0) is 16.1 Å². The van der Waals surface area contributed by atoms with E-state index in [1.165, 1.54) is 35.8 Å². The van der Waals surface area contributed by atoms with Crippen LogP contribution >= 0.6 is 23.1 Å². The van der Waals surface area contributed by atoms with E-state index in [0.717, 1.165) is 16.0 Å². The van der Waals surface area contributed by atoms with Gasteiger partial charge in [-0.15, -0.1) is 17.9 Å². The number of thioether (sulfide) groups is 1. The van der Waals surface area contributed by atoms with Gasteiger partial charge in [0.2, 0.25) is 0 Å². The summed E-state index contributed by atoms with van der Waals surface area (Å²) >= 11 is 2.96. The zero-order chi connectivity index (χ0) is 20.1. The van der Waals surface area contributed by atoms with Crippen molar-refractivity contribution in [3.05, 3.63) is 58.2 Å². The maximum atomic E-state index is 13.2. The minimum atomic E-state index is -0.228. The van der Waals surface area contributed by atoms with Gasteiger partial charge in [-0.3, -0.25) is 14.2 Å². The number of fused-ring (bicyclic) bond motifs is 1. The molecule has 7 heteroatoms. The SMILES string of the molecule is C=CCn1c(SCCCC(=O)OC)nc2scc(-c3ccc(C)cc3)c2c1=O. The van der Waals surface area contributed by atoms with Crippen molar-refractivity contribution >= 4 is 39.3 Å². The lowest BCUT2D eigenvalue weighted by atomic mass is 10.1. The minimum Gasteiger partial charge on any atom is -0.469 e. The van der Waals surface area contributed by atoms with Crippen molar-refractivity contribution in [2.45, 2.75) is 31.5 Å². The van der Waals surface area contributed by atoms with Crippen molar-refractivity contribution in [1.82, 2.24) is 9.55 Å². The third-order valence-electron chi connectivity index (χ3n) is 4.32. The minimum absolute atomic E-state index is 0.0582. The van der Waals surface area contributed by atoms with E-state index >= 15 is 0 Å². The van der Waals surface area contributed by atoms with E-state index in [2.05, 4.69) is 11.3 Å². The lowest BCUT2D eigenvalue weighted by molar-refractivity contribution is -0.140. The highest BCUT2D eigenvalue weighted by molar-refractivity contribution is 7.99. The van der Waals surface area contributed by atoms with Crippen molar-refractivity contribution in [2.24, 2.45) is 0 Å². The van der Waals surface area contributed by atoms with E-state index in [-0.39, 0.29) is 11.5 Å². The van der Waals surface area contributed by atoms with Crippen LogP contribution in [0.1, 0.15) is 18.4 Å². The number of benzene rings is 1. The lowest BCUT2D eigenvalue weighted by Gasteiger charge is -2.10. The van der Waals surface area contributed by atoms with Crippen molar-refractivity contribution in [2.75, 3.05) is 12.9 Å². The van der Waals surface area contributed by atoms with Gasteiger partial charge in [-0.1, -0.05) is 47.7 Å². The van der Waals surface area contributed by atoms with Gasteiger partial charge in [-0.25, -0.2) is 4.98 Å². The van der Waals surface area contributed by atoms with Gasteiger partial charge in [0.15, 0.2) is 5.16 Å². The van der Waals surface area contributed by atoms with Gasteiger partial charge in [0.25, 0.3) is 5.56 Å². The summed E-state index contributed by atoms with van der Waals surface area (Å²) in [6, 6.07) is 8.15. The normalized spacial score (nSPS) is 10.9. The van der Waals surface area contributed by atoms with E-state index in [1.54, 1.807) is 10.6 Å². The summed E-state index contributed by atoms with van der Waals surface area (Å²) in [5.41, 5.74) is 3.05. The molecule has 0 unspecified atom stereocenters. The van der Waals surface area contributed by atoms with Crippen LogP contribution in [0.25, 0.3) is 21.3 Å². The first-order valence-electron chi connectivity index (χ1n) is 8.94. The molecule has 3 aromatic rings. The van der Waals surface area contributed by atoms with Gasteiger partial charge in [-0.2, -0.15) is 0 Å². The fourth-order valence-corrected chi connectivity index (χ4v) is 4.77. The molecule has 0 aliphatic heterocycles. The second-order valence-corrected chi connectivity index (χ2v) is 8.24. The maximum Gasteiger partial charge on any atom is 0.305 e. The van der Waals surface area contributed by atoms with Gasteiger partial charge in [0.1, 0.15) is 4.83 Å². The molecule has 2 heterocycles. The number of thiophene rings is 1. The molecule has 0 spiro atoms. The molecular formula is C21H22N2O3S2. The summed E-state index contributed by atoms with van der Waals surface area (Å²) in [5.74, 6) is 0.453. The van der Waals surface area contributed by atoms with E-state index in [0.29, 0.717) is 35.7 Å². The van der Waals surface area contributed by atoms with Gasteiger partial charge in [0, 0.05) is 29.7 Å². The van der Waals surface area contributed by atoms with E-state index < -0.39 is 0 Å². The Morgan fingerprint density at radius 2 is 2.11 bits per heavy atom. The first-order valence-corrected chi connectivity index (χ1v) is 10.8. The number of carbonyl (C=O) groups is 1. The zero-order valence-electron chi connectivity index (χ0n) is 15.9.